The second kappa shape index (κ2) is 7.45. The van der Waals surface area contributed by atoms with Gasteiger partial charge in [-0.15, -0.1) is 0 Å². The summed E-state index contributed by atoms with van der Waals surface area (Å²) in [4.78, 5) is 22.0. The number of carbonyl (C=O) groups excluding carboxylic acids is 1. The van der Waals surface area contributed by atoms with Crippen molar-refractivity contribution in [2.45, 2.75) is 6.54 Å². The number of rotatable bonds is 4. The van der Waals surface area contributed by atoms with E-state index in [1.54, 1.807) is 0 Å². The Balaban J connectivity index is 1.73. The first-order valence-electron chi connectivity index (χ1n) is 7.58. The van der Waals surface area contributed by atoms with Crippen molar-refractivity contribution in [2.24, 2.45) is 0 Å². The topological polar surface area (TPSA) is 99.0 Å². The predicted octanol–water partition coefficient (Wildman–Crippen LogP) is 1.20. The highest BCUT2D eigenvalue weighted by molar-refractivity contribution is 5.90. The number of benzene rings is 1. The van der Waals surface area contributed by atoms with Gasteiger partial charge in [0.25, 0.3) is 0 Å². The summed E-state index contributed by atoms with van der Waals surface area (Å²) in [7, 11) is 0. The smallest absolute Gasteiger partial charge is 0.321 e. The van der Waals surface area contributed by atoms with Gasteiger partial charge in [-0.1, -0.05) is 29.5 Å². The number of hydroxylamine groups is 2. The SMILES string of the molecule is O=C(c1ccnc(-c2ccc(CN3CCOCC3)cc2)n1)N(O)O. The molecule has 1 aliphatic rings. The summed E-state index contributed by atoms with van der Waals surface area (Å²) in [5, 5.41) is 17.1. The number of ether oxygens (including phenoxy) is 1. The molecule has 0 saturated carbocycles. The van der Waals surface area contributed by atoms with Crippen LogP contribution in [-0.2, 0) is 11.3 Å². The van der Waals surface area contributed by atoms with Crippen molar-refractivity contribution in [1.82, 2.24) is 20.1 Å². The van der Waals surface area contributed by atoms with Crippen molar-refractivity contribution in [3.63, 3.8) is 0 Å². The fourth-order valence-corrected chi connectivity index (χ4v) is 2.50. The van der Waals surface area contributed by atoms with Crippen molar-refractivity contribution >= 4 is 5.91 Å². The van der Waals surface area contributed by atoms with Gasteiger partial charge < -0.3 is 4.74 Å². The summed E-state index contributed by atoms with van der Waals surface area (Å²) in [6.07, 6.45) is 1.40. The van der Waals surface area contributed by atoms with E-state index >= 15 is 0 Å². The van der Waals surface area contributed by atoms with Crippen molar-refractivity contribution in [3.8, 4) is 11.4 Å². The second-order valence-corrected chi connectivity index (χ2v) is 5.45. The zero-order valence-electron chi connectivity index (χ0n) is 13.0. The Kier molecular flexibility index (Phi) is 5.11. The zero-order chi connectivity index (χ0) is 16.9. The van der Waals surface area contributed by atoms with Gasteiger partial charge in [0, 0.05) is 31.4 Å². The van der Waals surface area contributed by atoms with Gasteiger partial charge in [0.1, 0.15) is 5.69 Å². The van der Waals surface area contributed by atoms with Crippen molar-refractivity contribution in [1.29, 1.82) is 0 Å². The van der Waals surface area contributed by atoms with E-state index in [2.05, 4.69) is 14.9 Å². The van der Waals surface area contributed by atoms with Gasteiger partial charge in [0.15, 0.2) is 5.82 Å². The molecule has 0 spiro atoms. The van der Waals surface area contributed by atoms with E-state index in [4.69, 9.17) is 15.2 Å². The largest absolute Gasteiger partial charge is 0.379 e. The Morgan fingerprint density at radius 3 is 2.54 bits per heavy atom. The molecule has 0 atom stereocenters. The molecule has 8 nitrogen and oxygen atoms in total. The Hall–Kier alpha value is -2.39. The molecular weight excluding hydrogens is 312 g/mol. The van der Waals surface area contributed by atoms with Crippen molar-refractivity contribution < 1.29 is 19.9 Å². The van der Waals surface area contributed by atoms with Gasteiger partial charge in [-0.25, -0.2) is 9.97 Å². The first kappa shape index (κ1) is 16.5. The van der Waals surface area contributed by atoms with Crippen LogP contribution < -0.4 is 0 Å². The molecule has 126 valence electrons. The molecule has 24 heavy (non-hydrogen) atoms. The highest BCUT2D eigenvalue weighted by Gasteiger charge is 2.15. The molecule has 0 bridgehead atoms. The molecule has 2 heterocycles. The quantitative estimate of drug-likeness (QED) is 0.642. The maximum Gasteiger partial charge on any atom is 0.321 e. The van der Waals surface area contributed by atoms with E-state index in [1.165, 1.54) is 17.8 Å². The fraction of sp³-hybridized carbons (Fsp3) is 0.312. The molecule has 8 heteroatoms. The normalized spacial score (nSPS) is 15.2. The number of hydrogen-bond acceptors (Lipinski definition) is 7. The maximum absolute atomic E-state index is 11.5. The van der Waals surface area contributed by atoms with E-state index in [9.17, 15) is 4.79 Å². The average molecular weight is 330 g/mol. The minimum absolute atomic E-state index is 0.0950. The van der Waals surface area contributed by atoms with Gasteiger partial charge in [-0.2, -0.15) is 0 Å². The predicted molar refractivity (Wildman–Crippen MR) is 83.3 cm³/mol. The minimum Gasteiger partial charge on any atom is -0.379 e. The second-order valence-electron chi connectivity index (χ2n) is 5.45. The van der Waals surface area contributed by atoms with Crippen molar-refractivity contribution in [2.75, 3.05) is 26.3 Å². The molecule has 1 aliphatic heterocycles. The first-order chi connectivity index (χ1) is 11.6. The lowest BCUT2D eigenvalue weighted by molar-refractivity contribution is -0.260. The van der Waals surface area contributed by atoms with E-state index < -0.39 is 11.1 Å². The Morgan fingerprint density at radius 2 is 1.88 bits per heavy atom. The van der Waals surface area contributed by atoms with Gasteiger partial charge in [-0.3, -0.25) is 20.1 Å². The maximum atomic E-state index is 11.5. The molecule has 1 saturated heterocycles. The van der Waals surface area contributed by atoms with Gasteiger partial charge >= 0.3 is 5.91 Å². The van der Waals surface area contributed by atoms with Crippen LogP contribution in [0.25, 0.3) is 11.4 Å². The van der Waals surface area contributed by atoms with Crippen LogP contribution in [0.3, 0.4) is 0 Å². The first-order valence-corrected chi connectivity index (χ1v) is 7.58. The fourth-order valence-electron chi connectivity index (χ4n) is 2.50. The third-order valence-electron chi connectivity index (χ3n) is 3.78. The van der Waals surface area contributed by atoms with Gasteiger partial charge in [0.05, 0.1) is 13.2 Å². The molecule has 0 aliphatic carbocycles. The van der Waals surface area contributed by atoms with E-state index in [0.717, 1.165) is 38.4 Å². The third-order valence-corrected chi connectivity index (χ3v) is 3.78. The van der Waals surface area contributed by atoms with Crippen LogP contribution in [0.15, 0.2) is 36.5 Å². The number of hydrogen-bond donors (Lipinski definition) is 2. The highest BCUT2D eigenvalue weighted by Crippen LogP contribution is 2.17. The van der Waals surface area contributed by atoms with Crippen LogP contribution in [0.5, 0.6) is 0 Å². The van der Waals surface area contributed by atoms with Crippen LogP contribution in [0.2, 0.25) is 0 Å². The van der Waals surface area contributed by atoms with E-state index in [0.29, 0.717) is 5.82 Å². The lowest BCUT2D eigenvalue weighted by Crippen LogP contribution is -2.35. The summed E-state index contributed by atoms with van der Waals surface area (Å²) >= 11 is 0. The Labute approximate surface area is 138 Å². The van der Waals surface area contributed by atoms with Gasteiger partial charge in [0.2, 0.25) is 0 Å². The van der Waals surface area contributed by atoms with Crippen LogP contribution >= 0.6 is 0 Å². The van der Waals surface area contributed by atoms with Crippen LogP contribution in [-0.4, -0.2) is 62.7 Å². The lowest BCUT2D eigenvalue weighted by atomic mass is 10.1. The molecule has 1 amide bonds. The highest BCUT2D eigenvalue weighted by atomic mass is 16.8. The number of aromatic nitrogens is 2. The van der Waals surface area contributed by atoms with Crippen LogP contribution in [0, 0.1) is 0 Å². The van der Waals surface area contributed by atoms with E-state index in [1.807, 2.05) is 24.3 Å². The summed E-state index contributed by atoms with van der Waals surface area (Å²) < 4.78 is 5.34. The summed E-state index contributed by atoms with van der Waals surface area (Å²) in [6, 6.07) is 9.07. The molecule has 0 radical (unpaired) electrons. The third kappa shape index (κ3) is 3.92. The molecule has 1 fully saturated rings. The standard InChI is InChI=1S/C16H18N4O4/c21-16(20(22)23)14-5-6-17-15(18-14)13-3-1-12(2-4-13)11-19-7-9-24-10-8-19/h1-6,22-23H,7-11H2. The molecule has 2 aromatic rings. The summed E-state index contributed by atoms with van der Waals surface area (Å²) in [5.41, 5.74) is 1.82. The number of nitrogens with zero attached hydrogens (tertiary/aromatic N) is 4. The molecular formula is C16H18N4O4. The number of carbonyl (C=O) groups is 1. The monoisotopic (exact) mass is 330 g/mol. The number of morpholine rings is 1. The zero-order valence-corrected chi connectivity index (χ0v) is 13.0. The van der Waals surface area contributed by atoms with Crippen LogP contribution in [0.1, 0.15) is 16.1 Å². The lowest BCUT2D eigenvalue weighted by Gasteiger charge is -2.26. The van der Waals surface area contributed by atoms with Crippen LogP contribution in [0.4, 0.5) is 0 Å². The van der Waals surface area contributed by atoms with Crippen molar-refractivity contribution in [3.05, 3.63) is 47.8 Å². The Morgan fingerprint density at radius 1 is 1.17 bits per heavy atom. The molecule has 3 rings (SSSR count). The molecule has 0 unspecified atom stereocenters. The summed E-state index contributed by atoms with van der Waals surface area (Å²) in [6.45, 7) is 4.23. The molecule has 1 aromatic carbocycles. The molecule has 2 N–H and O–H groups in total. The number of amides is 1. The van der Waals surface area contributed by atoms with E-state index in [-0.39, 0.29) is 5.69 Å². The average Bonchev–Trinajstić information content (AvgIpc) is 2.62. The minimum atomic E-state index is -1.01. The van der Waals surface area contributed by atoms with Gasteiger partial charge in [-0.05, 0) is 11.6 Å². The summed E-state index contributed by atoms with van der Waals surface area (Å²) in [5.74, 6) is -0.664. The molecule has 1 aromatic heterocycles. The Bertz CT molecular complexity index is 699.